The fourth-order valence-corrected chi connectivity index (χ4v) is 2.22. The molecule has 0 aromatic heterocycles. The van der Waals surface area contributed by atoms with E-state index in [1.165, 1.54) is 0 Å². The number of carbonyl (C=O) groups excluding carboxylic acids is 2. The molecule has 2 rings (SSSR count). The number of anilines is 1. The van der Waals surface area contributed by atoms with Crippen molar-refractivity contribution in [2.75, 3.05) is 18.1 Å². The summed E-state index contributed by atoms with van der Waals surface area (Å²) in [7, 11) is 0. The third-order valence-electron chi connectivity index (χ3n) is 3.64. The number of nitrogens with zero attached hydrogens (tertiary/aromatic N) is 1. The molecular weight excluding hydrogens is 268 g/mol. The number of hydrogen-bond donors (Lipinski definition) is 1. The van der Waals surface area contributed by atoms with Crippen molar-refractivity contribution in [3.05, 3.63) is 23.8 Å². The number of benzene rings is 1. The van der Waals surface area contributed by atoms with Crippen LogP contribution in [0.25, 0.3) is 0 Å². The first kappa shape index (κ1) is 15.4. The number of fused-ring (bicyclic) bond motifs is 1. The van der Waals surface area contributed by atoms with Crippen molar-refractivity contribution in [3.8, 4) is 5.75 Å². The highest BCUT2D eigenvalue weighted by atomic mass is 16.5. The van der Waals surface area contributed by atoms with Crippen molar-refractivity contribution < 1.29 is 14.3 Å². The largest absolute Gasteiger partial charge is 0.482 e. The van der Waals surface area contributed by atoms with Gasteiger partial charge >= 0.3 is 0 Å². The topological polar surface area (TPSA) is 58.6 Å². The lowest BCUT2D eigenvalue weighted by Crippen LogP contribution is -2.42. The Kier molecular flexibility index (Phi) is 4.83. The van der Waals surface area contributed by atoms with Crippen LogP contribution >= 0.6 is 0 Å². The first-order valence-corrected chi connectivity index (χ1v) is 7.34. The third kappa shape index (κ3) is 3.74. The van der Waals surface area contributed by atoms with E-state index in [0.29, 0.717) is 18.7 Å². The average molecular weight is 290 g/mol. The molecule has 1 heterocycles. The smallest absolute Gasteiger partial charge is 0.265 e. The second-order valence-electron chi connectivity index (χ2n) is 5.43. The van der Waals surface area contributed by atoms with Gasteiger partial charge in [-0.15, -0.1) is 0 Å². The molecule has 5 nitrogen and oxygen atoms in total. The minimum Gasteiger partial charge on any atom is -0.482 e. The molecule has 1 aliphatic rings. The number of hydrogen-bond acceptors (Lipinski definition) is 3. The molecule has 0 spiro atoms. The van der Waals surface area contributed by atoms with E-state index >= 15 is 0 Å². The van der Waals surface area contributed by atoms with Crippen molar-refractivity contribution >= 4 is 17.5 Å². The number of nitrogens with one attached hydrogen (secondary N) is 1. The van der Waals surface area contributed by atoms with E-state index < -0.39 is 0 Å². The van der Waals surface area contributed by atoms with E-state index in [-0.39, 0.29) is 24.5 Å². The Morgan fingerprint density at radius 2 is 2.24 bits per heavy atom. The third-order valence-corrected chi connectivity index (χ3v) is 3.64. The average Bonchev–Trinajstić information content (AvgIpc) is 2.46. The summed E-state index contributed by atoms with van der Waals surface area (Å²) < 4.78 is 5.42. The van der Waals surface area contributed by atoms with E-state index in [0.717, 1.165) is 17.7 Å². The zero-order chi connectivity index (χ0) is 15.4. The molecule has 1 unspecified atom stereocenters. The normalized spacial score (nSPS) is 15.2. The SMILES string of the molecule is CCC(C)NC(=O)CCN1C(=O)COc2ccc(C)cc21. The zero-order valence-corrected chi connectivity index (χ0v) is 12.8. The van der Waals surface area contributed by atoms with Gasteiger partial charge in [0.1, 0.15) is 5.75 Å². The highest BCUT2D eigenvalue weighted by Gasteiger charge is 2.25. The standard InChI is InChI=1S/C16H22N2O3/c1-4-12(3)17-15(19)7-8-18-13-9-11(2)5-6-14(13)21-10-16(18)20/h5-6,9,12H,4,7-8,10H2,1-3H3,(H,17,19). The summed E-state index contributed by atoms with van der Waals surface area (Å²) in [4.78, 5) is 25.5. The Bertz CT molecular complexity index is 542. The number of carbonyl (C=O) groups is 2. The van der Waals surface area contributed by atoms with Gasteiger partial charge in [0.2, 0.25) is 5.91 Å². The lowest BCUT2D eigenvalue weighted by molar-refractivity contribution is -0.122. The lowest BCUT2D eigenvalue weighted by Gasteiger charge is -2.29. The molecule has 1 aromatic rings. The van der Waals surface area contributed by atoms with E-state index in [1.54, 1.807) is 4.90 Å². The minimum absolute atomic E-state index is 0.0298. The van der Waals surface area contributed by atoms with Crippen LogP contribution in [0.3, 0.4) is 0 Å². The summed E-state index contributed by atoms with van der Waals surface area (Å²) in [6, 6.07) is 5.89. The van der Waals surface area contributed by atoms with Gasteiger partial charge in [-0.05, 0) is 38.0 Å². The van der Waals surface area contributed by atoms with Crippen LogP contribution in [0.15, 0.2) is 18.2 Å². The molecule has 0 saturated carbocycles. The Morgan fingerprint density at radius 1 is 1.48 bits per heavy atom. The molecule has 0 aliphatic carbocycles. The van der Waals surface area contributed by atoms with Crippen LogP contribution in [0, 0.1) is 6.92 Å². The number of rotatable bonds is 5. The highest BCUT2D eigenvalue weighted by Crippen LogP contribution is 2.32. The second kappa shape index (κ2) is 6.61. The molecule has 114 valence electrons. The maximum atomic E-state index is 12.0. The van der Waals surface area contributed by atoms with Gasteiger partial charge in [0, 0.05) is 19.0 Å². The predicted octanol–water partition coefficient (Wildman–Crippen LogP) is 2.03. The summed E-state index contributed by atoms with van der Waals surface area (Å²) in [5.74, 6) is 0.560. The summed E-state index contributed by atoms with van der Waals surface area (Å²) in [5.41, 5.74) is 1.81. The summed E-state index contributed by atoms with van der Waals surface area (Å²) in [5, 5.41) is 2.91. The van der Waals surface area contributed by atoms with Crippen molar-refractivity contribution in [2.24, 2.45) is 0 Å². The van der Waals surface area contributed by atoms with Gasteiger partial charge in [-0.3, -0.25) is 9.59 Å². The lowest BCUT2D eigenvalue weighted by atomic mass is 10.1. The van der Waals surface area contributed by atoms with Gasteiger partial charge in [0.15, 0.2) is 6.61 Å². The first-order chi connectivity index (χ1) is 10.0. The molecule has 1 N–H and O–H groups in total. The summed E-state index contributed by atoms with van der Waals surface area (Å²) in [6.07, 6.45) is 1.19. The Balaban J connectivity index is 2.04. The van der Waals surface area contributed by atoms with Crippen LogP contribution in [-0.4, -0.2) is 31.0 Å². The van der Waals surface area contributed by atoms with Crippen molar-refractivity contribution in [1.29, 1.82) is 0 Å². The fourth-order valence-electron chi connectivity index (χ4n) is 2.22. The summed E-state index contributed by atoms with van der Waals surface area (Å²) in [6.45, 7) is 6.36. The Morgan fingerprint density at radius 3 is 2.95 bits per heavy atom. The minimum atomic E-state index is -0.107. The van der Waals surface area contributed by atoms with Crippen LogP contribution in [0.4, 0.5) is 5.69 Å². The molecule has 1 aromatic carbocycles. The molecule has 0 bridgehead atoms. The van der Waals surface area contributed by atoms with Gasteiger partial charge in [0.25, 0.3) is 5.91 Å². The van der Waals surface area contributed by atoms with Crippen LogP contribution in [0.1, 0.15) is 32.3 Å². The van der Waals surface area contributed by atoms with Gasteiger partial charge < -0.3 is 15.0 Å². The molecule has 0 fully saturated rings. The quantitative estimate of drug-likeness (QED) is 0.902. The monoisotopic (exact) mass is 290 g/mol. The molecule has 5 heteroatoms. The maximum absolute atomic E-state index is 12.0. The molecule has 0 radical (unpaired) electrons. The van der Waals surface area contributed by atoms with Crippen molar-refractivity contribution in [1.82, 2.24) is 5.32 Å². The second-order valence-corrected chi connectivity index (χ2v) is 5.43. The number of aryl methyl sites for hydroxylation is 1. The van der Waals surface area contributed by atoms with Gasteiger partial charge in [0.05, 0.1) is 5.69 Å². The van der Waals surface area contributed by atoms with Crippen LogP contribution in [-0.2, 0) is 9.59 Å². The Hall–Kier alpha value is -2.04. The Labute approximate surface area is 125 Å². The molecule has 0 saturated heterocycles. The van der Waals surface area contributed by atoms with Crippen molar-refractivity contribution in [2.45, 2.75) is 39.7 Å². The van der Waals surface area contributed by atoms with E-state index in [2.05, 4.69) is 5.32 Å². The molecule has 2 amide bonds. The summed E-state index contributed by atoms with van der Waals surface area (Å²) >= 11 is 0. The molecule has 1 atom stereocenters. The van der Waals surface area contributed by atoms with Crippen LogP contribution in [0.5, 0.6) is 5.75 Å². The first-order valence-electron chi connectivity index (χ1n) is 7.34. The van der Waals surface area contributed by atoms with E-state index in [1.807, 2.05) is 39.0 Å². The molecule has 21 heavy (non-hydrogen) atoms. The predicted molar refractivity (Wildman–Crippen MR) is 81.5 cm³/mol. The van der Waals surface area contributed by atoms with Crippen molar-refractivity contribution in [3.63, 3.8) is 0 Å². The van der Waals surface area contributed by atoms with Gasteiger partial charge in [-0.1, -0.05) is 13.0 Å². The number of amides is 2. The van der Waals surface area contributed by atoms with Crippen LogP contribution < -0.4 is 15.0 Å². The molecular formula is C16H22N2O3. The van der Waals surface area contributed by atoms with E-state index in [4.69, 9.17) is 4.74 Å². The van der Waals surface area contributed by atoms with Crippen LogP contribution in [0.2, 0.25) is 0 Å². The van der Waals surface area contributed by atoms with Gasteiger partial charge in [-0.2, -0.15) is 0 Å². The van der Waals surface area contributed by atoms with Gasteiger partial charge in [-0.25, -0.2) is 0 Å². The maximum Gasteiger partial charge on any atom is 0.265 e. The zero-order valence-electron chi connectivity index (χ0n) is 12.8. The number of ether oxygens (including phenoxy) is 1. The van der Waals surface area contributed by atoms with E-state index in [9.17, 15) is 9.59 Å². The highest BCUT2D eigenvalue weighted by molar-refractivity contribution is 5.98. The molecule has 1 aliphatic heterocycles. The fraction of sp³-hybridized carbons (Fsp3) is 0.500.